The Morgan fingerprint density at radius 3 is 1.19 bits per heavy atom. The number of ether oxygens (including phenoxy) is 4. The molecular formula is C27H20O20. The summed E-state index contributed by atoms with van der Waals surface area (Å²) in [6, 6.07) is 0. The van der Waals surface area contributed by atoms with Crippen molar-refractivity contribution in [2.75, 3.05) is 0 Å². The zero-order chi connectivity index (χ0) is 36.1. The molecule has 0 fully saturated rings. The molecule has 1 aliphatic rings. The minimum atomic E-state index is -3.50. The maximum Gasteiger partial charge on any atom is 0.344 e. The summed E-state index contributed by atoms with van der Waals surface area (Å²) in [5.74, 6) is -24.0. The van der Waals surface area contributed by atoms with E-state index in [0.717, 1.165) is 6.92 Å². The molecular weight excluding hydrogens is 644 g/mol. The van der Waals surface area contributed by atoms with E-state index >= 15 is 0 Å². The summed E-state index contributed by atoms with van der Waals surface area (Å²) in [4.78, 5) is 145. The lowest BCUT2D eigenvalue weighted by Gasteiger charge is -2.38. The Hall–Kier alpha value is -6.86. The van der Waals surface area contributed by atoms with Crippen LogP contribution in [-0.4, -0.2) is 92.1 Å². The third kappa shape index (κ3) is 11.0. The fourth-order valence-corrected chi connectivity index (χ4v) is 3.70. The molecule has 4 N–H and O–H groups in total. The molecule has 0 spiro atoms. The van der Waals surface area contributed by atoms with E-state index in [4.69, 9.17) is 20.4 Å². The van der Waals surface area contributed by atoms with Crippen molar-refractivity contribution < 1.29 is 96.9 Å². The molecule has 0 heterocycles. The first-order valence-corrected chi connectivity index (χ1v) is 12.2. The lowest BCUT2D eigenvalue weighted by atomic mass is 9.63. The highest BCUT2D eigenvalue weighted by atomic mass is 16.6. The Morgan fingerprint density at radius 1 is 0.532 bits per heavy atom. The van der Waals surface area contributed by atoms with Crippen LogP contribution in [-0.2, 0) is 76.5 Å². The number of carboxylic acid groups (broad SMARTS) is 4. The van der Waals surface area contributed by atoms with Crippen molar-refractivity contribution in [2.24, 2.45) is 11.3 Å². The molecule has 0 amide bonds. The molecule has 47 heavy (non-hydrogen) atoms. The minimum Gasteiger partial charge on any atom is -0.478 e. The normalized spacial score (nSPS) is 15.6. The van der Waals surface area contributed by atoms with Gasteiger partial charge in [-0.15, -0.1) is 0 Å². The largest absolute Gasteiger partial charge is 0.478 e. The molecule has 0 aliphatic heterocycles. The second-order valence-electron chi connectivity index (χ2n) is 8.62. The van der Waals surface area contributed by atoms with Gasteiger partial charge in [0.1, 0.15) is 0 Å². The van der Waals surface area contributed by atoms with Crippen LogP contribution in [0.25, 0.3) is 0 Å². The predicted molar refractivity (Wildman–Crippen MR) is 139 cm³/mol. The van der Waals surface area contributed by atoms with E-state index in [-0.39, 0.29) is 48.6 Å². The van der Waals surface area contributed by atoms with Gasteiger partial charge in [-0.25, -0.2) is 57.5 Å². The van der Waals surface area contributed by atoms with Crippen LogP contribution in [0, 0.1) is 11.3 Å². The molecule has 1 atom stereocenters. The van der Waals surface area contributed by atoms with Crippen molar-refractivity contribution in [2.45, 2.75) is 19.8 Å². The van der Waals surface area contributed by atoms with E-state index in [1.807, 2.05) is 0 Å². The molecule has 248 valence electrons. The van der Waals surface area contributed by atoms with Crippen LogP contribution in [0.15, 0.2) is 59.8 Å². The van der Waals surface area contributed by atoms with Crippen LogP contribution >= 0.6 is 0 Å². The summed E-state index contributed by atoms with van der Waals surface area (Å²) in [6.07, 6.45) is 0.151. The van der Waals surface area contributed by atoms with Crippen LogP contribution in [0.2, 0.25) is 0 Å². The monoisotopic (exact) mass is 664 g/mol. The van der Waals surface area contributed by atoms with Crippen molar-refractivity contribution in [3.05, 3.63) is 59.8 Å². The molecule has 0 bridgehead atoms. The van der Waals surface area contributed by atoms with Gasteiger partial charge in [0, 0.05) is 54.2 Å². The molecule has 0 aromatic carbocycles. The second kappa shape index (κ2) is 16.8. The van der Waals surface area contributed by atoms with Gasteiger partial charge in [0.2, 0.25) is 5.41 Å². The Labute approximate surface area is 259 Å². The highest BCUT2D eigenvalue weighted by Crippen LogP contribution is 2.48. The van der Waals surface area contributed by atoms with Crippen LogP contribution in [0.5, 0.6) is 0 Å². The van der Waals surface area contributed by atoms with Gasteiger partial charge in [-0.1, -0.05) is 6.92 Å². The third-order valence-electron chi connectivity index (χ3n) is 5.58. The number of rotatable bonds is 12. The number of carbonyl (C=O) groups is 12. The Kier molecular flexibility index (Phi) is 13.7. The van der Waals surface area contributed by atoms with Gasteiger partial charge in [0.05, 0.1) is 5.57 Å². The molecule has 1 unspecified atom stereocenters. The number of aliphatic carboxylic acids is 4. The lowest BCUT2D eigenvalue weighted by molar-refractivity contribution is -0.181. The standard InChI is InChI=1S/C27H20O20/c1-12-2-3-13(23(40)44-18(36)8-4-14(28)29)22(24(41)45-19(37)9-5-15(30)31)27(12,25(42)46-20(38)10-6-16(32)33)26(43)47-21(39)11-7-17(34)35/h4-12H,2-3H2,1H3,(H,28,29)(H,30,31)(H,32,33)(H,34,35)/b8-4-,9-5-,10-6-,11-7-. The van der Waals surface area contributed by atoms with E-state index in [1.165, 1.54) is 0 Å². The van der Waals surface area contributed by atoms with Crippen molar-refractivity contribution >= 4 is 71.6 Å². The summed E-state index contributed by atoms with van der Waals surface area (Å²) in [6.45, 7) is 0.986. The van der Waals surface area contributed by atoms with Crippen LogP contribution in [0.1, 0.15) is 19.8 Å². The fourth-order valence-electron chi connectivity index (χ4n) is 3.70. The topological polar surface area (TPSA) is 323 Å². The van der Waals surface area contributed by atoms with E-state index in [9.17, 15) is 57.5 Å². The number of hydrogen-bond acceptors (Lipinski definition) is 16. The molecule has 1 rings (SSSR count). The van der Waals surface area contributed by atoms with Crippen molar-refractivity contribution in [1.29, 1.82) is 0 Å². The SMILES string of the molecule is CC1CCC(C(=O)OC(=O)/C=C\C(=O)O)=C(C(=O)OC(=O)/C=C\C(=O)O)C1(C(=O)OC(=O)/C=C\C(=O)O)C(=O)OC(=O)/C=C\C(=O)O. The molecule has 20 heteroatoms. The minimum absolute atomic E-state index is 0.151. The maximum atomic E-state index is 13.6. The molecule has 0 aromatic heterocycles. The lowest BCUT2D eigenvalue weighted by Crippen LogP contribution is -2.54. The zero-order valence-corrected chi connectivity index (χ0v) is 23.4. The van der Waals surface area contributed by atoms with Gasteiger partial charge in [0.15, 0.2) is 0 Å². The number of esters is 8. The van der Waals surface area contributed by atoms with Crippen LogP contribution in [0.4, 0.5) is 0 Å². The van der Waals surface area contributed by atoms with Crippen LogP contribution < -0.4 is 0 Å². The van der Waals surface area contributed by atoms with Gasteiger partial charge in [-0.05, 0) is 18.8 Å². The van der Waals surface area contributed by atoms with E-state index < -0.39 is 107 Å². The van der Waals surface area contributed by atoms with Gasteiger partial charge in [-0.2, -0.15) is 0 Å². The van der Waals surface area contributed by atoms with E-state index in [0.29, 0.717) is 0 Å². The first-order valence-electron chi connectivity index (χ1n) is 12.2. The van der Waals surface area contributed by atoms with Gasteiger partial charge >= 0.3 is 71.6 Å². The summed E-state index contributed by atoms with van der Waals surface area (Å²) in [7, 11) is 0. The average Bonchev–Trinajstić information content (AvgIpc) is 2.96. The molecule has 0 saturated carbocycles. The summed E-state index contributed by atoms with van der Waals surface area (Å²) >= 11 is 0. The number of carboxylic acids is 4. The number of hydrogen-bond donors (Lipinski definition) is 4. The zero-order valence-electron chi connectivity index (χ0n) is 23.4. The highest BCUT2D eigenvalue weighted by molar-refractivity contribution is 6.20. The third-order valence-corrected chi connectivity index (χ3v) is 5.58. The van der Waals surface area contributed by atoms with Crippen molar-refractivity contribution in [1.82, 2.24) is 0 Å². The quantitative estimate of drug-likeness (QED) is 0.0801. The van der Waals surface area contributed by atoms with Gasteiger partial charge < -0.3 is 39.4 Å². The van der Waals surface area contributed by atoms with Crippen molar-refractivity contribution in [3.8, 4) is 0 Å². The van der Waals surface area contributed by atoms with E-state index in [1.54, 1.807) is 0 Å². The number of carbonyl (C=O) groups excluding carboxylic acids is 8. The molecule has 0 aromatic rings. The second-order valence-corrected chi connectivity index (χ2v) is 8.62. The van der Waals surface area contributed by atoms with Crippen LogP contribution in [0.3, 0.4) is 0 Å². The molecule has 0 saturated heterocycles. The Morgan fingerprint density at radius 2 is 0.851 bits per heavy atom. The predicted octanol–water partition coefficient (Wildman–Crippen LogP) is -1.46. The maximum absolute atomic E-state index is 13.6. The summed E-state index contributed by atoms with van der Waals surface area (Å²) < 4.78 is 17.8. The molecule has 1 aliphatic carbocycles. The summed E-state index contributed by atoms with van der Waals surface area (Å²) in [5, 5.41) is 34.8. The first kappa shape index (κ1) is 38.2. The first-order chi connectivity index (χ1) is 21.8. The van der Waals surface area contributed by atoms with E-state index in [2.05, 4.69) is 18.9 Å². The molecule has 20 nitrogen and oxygen atoms in total. The average molecular weight is 664 g/mol. The Bertz CT molecular complexity index is 1550. The fraction of sp³-hybridized carbons (Fsp3) is 0.185. The van der Waals surface area contributed by atoms with Gasteiger partial charge in [-0.3, -0.25) is 0 Å². The highest BCUT2D eigenvalue weighted by Gasteiger charge is 2.63. The molecule has 0 radical (unpaired) electrons. The van der Waals surface area contributed by atoms with Crippen molar-refractivity contribution in [3.63, 3.8) is 0 Å². The van der Waals surface area contributed by atoms with Gasteiger partial charge in [0.25, 0.3) is 0 Å². The Balaban J connectivity index is 4.09. The smallest absolute Gasteiger partial charge is 0.344 e. The summed E-state index contributed by atoms with van der Waals surface area (Å²) in [5.41, 5.74) is -6.20.